The van der Waals surface area contributed by atoms with Crippen molar-refractivity contribution >= 4 is 11.6 Å². The van der Waals surface area contributed by atoms with Gasteiger partial charge in [-0.15, -0.1) is 0 Å². The molecule has 0 saturated heterocycles. The average Bonchev–Trinajstić information content (AvgIpc) is 2.66. The molecule has 0 radical (unpaired) electrons. The van der Waals surface area contributed by atoms with E-state index in [1.54, 1.807) is 4.68 Å². The number of unbranched alkanes of at least 4 members (excludes halogenated alkanes) is 2. The molecular formula is C15H28N4O. The maximum Gasteiger partial charge on any atom is 0.244 e. The Kier molecular flexibility index (Phi) is 6.55. The number of carbonyl (C=O) groups is 1. The maximum atomic E-state index is 12.4. The third kappa shape index (κ3) is 4.25. The topological polar surface area (TPSA) is 64.2 Å². The van der Waals surface area contributed by atoms with Gasteiger partial charge >= 0.3 is 0 Å². The van der Waals surface area contributed by atoms with E-state index in [0.29, 0.717) is 5.69 Å². The molecule has 0 saturated carbocycles. The lowest BCUT2D eigenvalue weighted by molar-refractivity contribution is -0.132. The lowest BCUT2D eigenvalue weighted by Crippen LogP contribution is -2.36. The molecule has 1 aromatic rings. The van der Waals surface area contributed by atoms with Gasteiger partial charge in [-0.25, -0.2) is 0 Å². The minimum absolute atomic E-state index is 0.137. The summed E-state index contributed by atoms with van der Waals surface area (Å²) in [5.41, 5.74) is 8.27. The first kappa shape index (κ1) is 16.5. The molecule has 0 aliphatic carbocycles. The number of hydrogen-bond acceptors (Lipinski definition) is 3. The van der Waals surface area contributed by atoms with Crippen LogP contribution in [0.15, 0.2) is 0 Å². The molecule has 1 heterocycles. The summed E-state index contributed by atoms with van der Waals surface area (Å²) < 4.78 is 1.72. The van der Waals surface area contributed by atoms with Gasteiger partial charge in [0.15, 0.2) is 0 Å². The molecule has 0 atom stereocenters. The summed E-state index contributed by atoms with van der Waals surface area (Å²) in [5.74, 6) is 0.137. The standard InChI is InChI=1S/C15H28N4O/c1-5-7-9-18(10-8-6-2)14(20)11-19-13(4)15(16)12(3)17-19/h5-11,16H2,1-4H3. The first-order chi connectivity index (χ1) is 9.51. The Balaban J connectivity index is 2.70. The lowest BCUT2D eigenvalue weighted by atomic mass is 10.2. The number of hydrogen-bond donors (Lipinski definition) is 1. The molecule has 0 unspecified atom stereocenters. The molecule has 0 spiro atoms. The first-order valence-corrected chi connectivity index (χ1v) is 7.58. The average molecular weight is 280 g/mol. The number of carbonyl (C=O) groups excluding carboxylic acids is 1. The third-order valence-corrected chi connectivity index (χ3v) is 3.64. The molecule has 1 aromatic heterocycles. The molecule has 0 aliphatic rings. The van der Waals surface area contributed by atoms with E-state index in [4.69, 9.17) is 5.73 Å². The number of rotatable bonds is 8. The summed E-state index contributed by atoms with van der Waals surface area (Å²) in [6.07, 6.45) is 4.30. The Bertz CT molecular complexity index is 431. The van der Waals surface area contributed by atoms with Gasteiger partial charge in [-0.05, 0) is 26.7 Å². The molecule has 114 valence electrons. The molecule has 0 aromatic carbocycles. The van der Waals surface area contributed by atoms with Crippen LogP contribution in [0, 0.1) is 13.8 Å². The Morgan fingerprint density at radius 2 is 1.75 bits per heavy atom. The van der Waals surface area contributed by atoms with E-state index in [1.807, 2.05) is 18.7 Å². The zero-order valence-electron chi connectivity index (χ0n) is 13.3. The van der Waals surface area contributed by atoms with Crippen molar-refractivity contribution < 1.29 is 4.79 Å². The summed E-state index contributed by atoms with van der Waals surface area (Å²) in [6.45, 7) is 10.0. The van der Waals surface area contributed by atoms with Gasteiger partial charge in [0.2, 0.25) is 5.91 Å². The van der Waals surface area contributed by atoms with Crippen molar-refractivity contribution in [3.63, 3.8) is 0 Å². The number of aryl methyl sites for hydroxylation is 1. The van der Waals surface area contributed by atoms with Gasteiger partial charge in [-0.3, -0.25) is 9.48 Å². The Hall–Kier alpha value is -1.52. The van der Waals surface area contributed by atoms with Crippen molar-refractivity contribution in [1.29, 1.82) is 0 Å². The van der Waals surface area contributed by atoms with Crippen LogP contribution in [0.5, 0.6) is 0 Å². The van der Waals surface area contributed by atoms with Gasteiger partial charge in [0.1, 0.15) is 6.54 Å². The molecule has 5 nitrogen and oxygen atoms in total. The van der Waals surface area contributed by atoms with E-state index in [9.17, 15) is 4.79 Å². The van der Waals surface area contributed by atoms with Gasteiger partial charge in [-0.1, -0.05) is 26.7 Å². The highest BCUT2D eigenvalue weighted by Gasteiger charge is 2.16. The zero-order chi connectivity index (χ0) is 15.1. The fourth-order valence-corrected chi connectivity index (χ4v) is 2.15. The van der Waals surface area contributed by atoms with Crippen LogP contribution in [0.2, 0.25) is 0 Å². The van der Waals surface area contributed by atoms with E-state index in [1.165, 1.54) is 0 Å². The number of nitrogens with zero attached hydrogens (tertiary/aromatic N) is 3. The van der Waals surface area contributed by atoms with Crippen LogP contribution in [0.1, 0.15) is 50.9 Å². The molecule has 2 N–H and O–H groups in total. The third-order valence-electron chi connectivity index (χ3n) is 3.64. The second kappa shape index (κ2) is 7.92. The van der Waals surface area contributed by atoms with Crippen LogP contribution in [-0.4, -0.2) is 33.7 Å². The summed E-state index contributed by atoms with van der Waals surface area (Å²) >= 11 is 0. The zero-order valence-corrected chi connectivity index (χ0v) is 13.3. The van der Waals surface area contributed by atoms with Crippen molar-refractivity contribution in [3.8, 4) is 0 Å². The van der Waals surface area contributed by atoms with Crippen molar-refractivity contribution in [1.82, 2.24) is 14.7 Å². The number of anilines is 1. The van der Waals surface area contributed by atoms with Crippen molar-refractivity contribution in [2.75, 3.05) is 18.8 Å². The predicted molar refractivity (Wildman–Crippen MR) is 82.5 cm³/mol. The number of amides is 1. The molecule has 1 rings (SSSR count). The molecule has 0 fully saturated rings. The van der Waals surface area contributed by atoms with Crippen LogP contribution in [-0.2, 0) is 11.3 Å². The first-order valence-electron chi connectivity index (χ1n) is 7.58. The van der Waals surface area contributed by atoms with Crippen LogP contribution in [0.4, 0.5) is 5.69 Å². The Morgan fingerprint density at radius 1 is 1.20 bits per heavy atom. The highest BCUT2D eigenvalue weighted by Crippen LogP contribution is 2.15. The van der Waals surface area contributed by atoms with Crippen LogP contribution >= 0.6 is 0 Å². The van der Waals surface area contributed by atoms with Gasteiger partial charge in [0.25, 0.3) is 0 Å². The fraction of sp³-hybridized carbons (Fsp3) is 0.733. The van der Waals surface area contributed by atoms with E-state index in [2.05, 4.69) is 18.9 Å². The van der Waals surface area contributed by atoms with Gasteiger partial charge < -0.3 is 10.6 Å². The van der Waals surface area contributed by atoms with Crippen molar-refractivity contribution in [3.05, 3.63) is 11.4 Å². The van der Waals surface area contributed by atoms with Crippen molar-refractivity contribution in [2.45, 2.75) is 59.9 Å². The second-order valence-corrected chi connectivity index (χ2v) is 5.33. The second-order valence-electron chi connectivity index (χ2n) is 5.33. The minimum atomic E-state index is 0.137. The van der Waals surface area contributed by atoms with Gasteiger partial charge in [0.05, 0.1) is 17.1 Å². The smallest absolute Gasteiger partial charge is 0.244 e. The Morgan fingerprint density at radius 3 is 2.15 bits per heavy atom. The van der Waals surface area contributed by atoms with E-state index in [-0.39, 0.29) is 12.5 Å². The summed E-state index contributed by atoms with van der Waals surface area (Å²) in [7, 11) is 0. The summed E-state index contributed by atoms with van der Waals surface area (Å²) in [6, 6.07) is 0. The summed E-state index contributed by atoms with van der Waals surface area (Å²) in [5, 5.41) is 4.34. The number of nitrogens with two attached hydrogens (primary N) is 1. The van der Waals surface area contributed by atoms with E-state index >= 15 is 0 Å². The molecule has 0 aliphatic heterocycles. The highest BCUT2D eigenvalue weighted by molar-refractivity contribution is 5.76. The highest BCUT2D eigenvalue weighted by atomic mass is 16.2. The number of aromatic nitrogens is 2. The predicted octanol–water partition coefficient (Wildman–Crippen LogP) is 2.51. The van der Waals surface area contributed by atoms with Crippen LogP contribution < -0.4 is 5.73 Å². The molecular weight excluding hydrogens is 252 g/mol. The molecule has 20 heavy (non-hydrogen) atoms. The quantitative estimate of drug-likeness (QED) is 0.795. The lowest BCUT2D eigenvalue weighted by Gasteiger charge is -2.22. The largest absolute Gasteiger partial charge is 0.396 e. The molecule has 5 heteroatoms. The van der Waals surface area contributed by atoms with E-state index in [0.717, 1.165) is 50.2 Å². The van der Waals surface area contributed by atoms with Crippen LogP contribution in [0.3, 0.4) is 0 Å². The molecule has 0 bridgehead atoms. The normalized spacial score (nSPS) is 10.8. The summed E-state index contributed by atoms with van der Waals surface area (Å²) in [4.78, 5) is 14.4. The van der Waals surface area contributed by atoms with Gasteiger partial charge in [-0.2, -0.15) is 5.10 Å². The SMILES string of the molecule is CCCCN(CCCC)C(=O)Cn1nc(C)c(N)c1C. The van der Waals surface area contributed by atoms with E-state index < -0.39 is 0 Å². The maximum absolute atomic E-state index is 12.4. The number of nitrogen functional groups attached to an aromatic ring is 1. The van der Waals surface area contributed by atoms with Crippen LogP contribution in [0.25, 0.3) is 0 Å². The fourth-order valence-electron chi connectivity index (χ4n) is 2.15. The molecule has 1 amide bonds. The van der Waals surface area contributed by atoms with Crippen molar-refractivity contribution in [2.24, 2.45) is 0 Å². The van der Waals surface area contributed by atoms with Gasteiger partial charge in [0, 0.05) is 13.1 Å². The minimum Gasteiger partial charge on any atom is -0.396 e. The monoisotopic (exact) mass is 280 g/mol. The Labute approximate surface area is 122 Å².